The molecule has 0 heterocycles. The van der Waals surface area contributed by atoms with E-state index >= 15 is 0 Å². The highest BCUT2D eigenvalue weighted by atomic mass is 19.1. The molecule has 0 spiro atoms. The molecular formula is C7H15FO2. The van der Waals surface area contributed by atoms with Crippen LogP contribution in [0.3, 0.4) is 0 Å². The van der Waals surface area contributed by atoms with Crippen LogP contribution in [0.1, 0.15) is 26.7 Å². The Morgan fingerprint density at radius 2 is 1.80 bits per heavy atom. The van der Waals surface area contributed by atoms with Crippen LogP contribution in [0.2, 0.25) is 0 Å². The van der Waals surface area contributed by atoms with Crippen LogP contribution in [0, 0.1) is 0 Å². The number of alkyl halides is 1. The molecule has 0 aromatic heterocycles. The summed E-state index contributed by atoms with van der Waals surface area (Å²) >= 11 is 0. The van der Waals surface area contributed by atoms with Gasteiger partial charge in [0, 0.05) is 0 Å². The Kier molecular flexibility index (Phi) is 3.83. The van der Waals surface area contributed by atoms with Crippen LogP contribution in [0.25, 0.3) is 0 Å². The number of hydrogen-bond donors (Lipinski definition) is 2. The molecule has 10 heavy (non-hydrogen) atoms. The Morgan fingerprint density at radius 3 is 1.90 bits per heavy atom. The maximum atomic E-state index is 13.2. The maximum Gasteiger partial charge on any atom is 0.138 e. The minimum absolute atomic E-state index is 0.241. The molecule has 0 aromatic rings. The van der Waals surface area contributed by atoms with Gasteiger partial charge in [0.05, 0.1) is 6.61 Å². The van der Waals surface area contributed by atoms with Crippen molar-refractivity contribution in [2.75, 3.05) is 6.61 Å². The molecule has 2 nitrogen and oxygen atoms in total. The van der Waals surface area contributed by atoms with Gasteiger partial charge >= 0.3 is 0 Å². The van der Waals surface area contributed by atoms with Gasteiger partial charge < -0.3 is 10.2 Å². The van der Waals surface area contributed by atoms with Crippen molar-refractivity contribution in [3.05, 3.63) is 0 Å². The second-order valence-corrected chi connectivity index (χ2v) is 2.44. The first-order valence-corrected chi connectivity index (χ1v) is 3.58. The second-order valence-electron chi connectivity index (χ2n) is 2.44. The highest BCUT2D eigenvalue weighted by Gasteiger charge is 2.33. The summed E-state index contributed by atoms with van der Waals surface area (Å²) in [7, 11) is 0. The lowest BCUT2D eigenvalue weighted by atomic mass is 9.93. The fraction of sp³-hybridized carbons (Fsp3) is 1.00. The van der Waals surface area contributed by atoms with E-state index in [9.17, 15) is 4.39 Å². The van der Waals surface area contributed by atoms with Crippen LogP contribution >= 0.6 is 0 Å². The van der Waals surface area contributed by atoms with Crippen molar-refractivity contribution in [1.82, 2.24) is 0 Å². The number of aliphatic hydroxyl groups is 2. The standard InChI is InChI=1S/C7H15FO2/c1-3-7(8,4-2)6(10)5-9/h6,9-10H,3-5H2,1-2H3/t6-/m1/s1. The smallest absolute Gasteiger partial charge is 0.138 e. The molecule has 0 aliphatic heterocycles. The van der Waals surface area contributed by atoms with Crippen molar-refractivity contribution in [2.45, 2.75) is 38.5 Å². The zero-order valence-corrected chi connectivity index (χ0v) is 6.47. The summed E-state index contributed by atoms with van der Waals surface area (Å²) in [6, 6.07) is 0. The normalized spacial score (nSPS) is 15.3. The summed E-state index contributed by atoms with van der Waals surface area (Å²) < 4.78 is 13.2. The van der Waals surface area contributed by atoms with E-state index in [0.29, 0.717) is 0 Å². The van der Waals surface area contributed by atoms with Crippen LogP contribution in [-0.2, 0) is 0 Å². The van der Waals surface area contributed by atoms with Crippen molar-refractivity contribution in [1.29, 1.82) is 0 Å². The molecule has 0 radical (unpaired) electrons. The van der Waals surface area contributed by atoms with Gasteiger partial charge in [-0.25, -0.2) is 4.39 Å². The first-order chi connectivity index (χ1) is 4.60. The lowest BCUT2D eigenvalue weighted by molar-refractivity contribution is -0.0444. The van der Waals surface area contributed by atoms with E-state index < -0.39 is 18.4 Å². The summed E-state index contributed by atoms with van der Waals surface area (Å²) in [5, 5.41) is 17.4. The minimum Gasteiger partial charge on any atom is -0.394 e. The maximum absolute atomic E-state index is 13.2. The summed E-state index contributed by atoms with van der Waals surface area (Å²) in [6.07, 6.45) is -0.751. The van der Waals surface area contributed by atoms with Crippen LogP contribution < -0.4 is 0 Å². The first-order valence-electron chi connectivity index (χ1n) is 3.58. The van der Waals surface area contributed by atoms with Crippen molar-refractivity contribution in [2.24, 2.45) is 0 Å². The van der Waals surface area contributed by atoms with Crippen LogP contribution in [-0.4, -0.2) is 28.6 Å². The fourth-order valence-electron chi connectivity index (χ4n) is 0.885. The zero-order valence-electron chi connectivity index (χ0n) is 6.47. The van der Waals surface area contributed by atoms with Gasteiger partial charge in [-0.3, -0.25) is 0 Å². The molecule has 0 saturated carbocycles. The van der Waals surface area contributed by atoms with E-state index in [4.69, 9.17) is 10.2 Å². The van der Waals surface area contributed by atoms with Crippen LogP contribution in [0.15, 0.2) is 0 Å². The Morgan fingerprint density at radius 1 is 1.40 bits per heavy atom. The molecule has 0 fully saturated rings. The summed E-state index contributed by atoms with van der Waals surface area (Å²) in [4.78, 5) is 0. The van der Waals surface area contributed by atoms with E-state index in [1.807, 2.05) is 0 Å². The second kappa shape index (κ2) is 3.88. The average molecular weight is 150 g/mol. The Balaban J connectivity index is 4.02. The third kappa shape index (κ3) is 1.92. The number of rotatable bonds is 4. The van der Waals surface area contributed by atoms with E-state index in [-0.39, 0.29) is 12.8 Å². The first kappa shape index (κ1) is 9.85. The van der Waals surface area contributed by atoms with Gasteiger partial charge in [-0.2, -0.15) is 0 Å². The molecule has 1 atom stereocenters. The highest BCUT2D eigenvalue weighted by molar-refractivity contribution is 4.83. The third-order valence-corrected chi connectivity index (χ3v) is 1.95. The molecule has 0 bridgehead atoms. The molecular weight excluding hydrogens is 135 g/mol. The molecule has 2 N–H and O–H groups in total. The summed E-state index contributed by atoms with van der Waals surface area (Å²) in [6.45, 7) is 2.81. The zero-order chi connectivity index (χ0) is 8.20. The third-order valence-electron chi connectivity index (χ3n) is 1.95. The SMILES string of the molecule is CCC(F)(CC)[C@H](O)CO. The highest BCUT2D eigenvalue weighted by Crippen LogP contribution is 2.24. The van der Waals surface area contributed by atoms with E-state index in [2.05, 4.69) is 0 Å². The molecule has 0 aliphatic rings. The predicted octanol–water partition coefficient (Wildman–Crippen LogP) is 0.868. The van der Waals surface area contributed by atoms with Gasteiger partial charge in [-0.05, 0) is 12.8 Å². The largest absolute Gasteiger partial charge is 0.394 e. The van der Waals surface area contributed by atoms with Gasteiger partial charge in [0.15, 0.2) is 0 Å². The van der Waals surface area contributed by atoms with Gasteiger partial charge in [0.1, 0.15) is 11.8 Å². The Bertz CT molecular complexity index is 91.6. The number of aliphatic hydroxyl groups excluding tert-OH is 2. The Hall–Kier alpha value is -0.150. The lowest BCUT2D eigenvalue weighted by Crippen LogP contribution is -2.39. The molecule has 3 heteroatoms. The van der Waals surface area contributed by atoms with Crippen LogP contribution in [0.5, 0.6) is 0 Å². The minimum atomic E-state index is -1.60. The summed E-state index contributed by atoms with van der Waals surface area (Å²) in [5.41, 5.74) is -1.60. The molecule has 0 saturated heterocycles. The van der Waals surface area contributed by atoms with Gasteiger partial charge in [0.2, 0.25) is 0 Å². The number of halogens is 1. The topological polar surface area (TPSA) is 40.5 Å². The molecule has 0 aromatic carbocycles. The summed E-state index contributed by atoms with van der Waals surface area (Å²) in [5.74, 6) is 0. The van der Waals surface area contributed by atoms with E-state index in [1.54, 1.807) is 13.8 Å². The quantitative estimate of drug-likeness (QED) is 0.624. The molecule has 0 rings (SSSR count). The van der Waals surface area contributed by atoms with Crippen LogP contribution in [0.4, 0.5) is 4.39 Å². The molecule has 0 amide bonds. The van der Waals surface area contributed by atoms with Gasteiger partial charge in [-0.1, -0.05) is 13.8 Å². The Labute approximate surface area is 60.7 Å². The van der Waals surface area contributed by atoms with E-state index in [1.165, 1.54) is 0 Å². The predicted molar refractivity (Wildman–Crippen MR) is 37.5 cm³/mol. The van der Waals surface area contributed by atoms with Crippen molar-refractivity contribution in [3.63, 3.8) is 0 Å². The molecule has 0 unspecified atom stereocenters. The van der Waals surface area contributed by atoms with Gasteiger partial charge in [-0.15, -0.1) is 0 Å². The van der Waals surface area contributed by atoms with E-state index in [0.717, 1.165) is 0 Å². The monoisotopic (exact) mass is 150 g/mol. The lowest BCUT2D eigenvalue weighted by Gasteiger charge is -2.26. The molecule has 0 aliphatic carbocycles. The number of hydrogen-bond acceptors (Lipinski definition) is 2. The average Bonchev–Trinajstić information content (AvgIpc) is 2.01. The molecule has 62 valence electrons. The van der Waals surface area contributed by atoms with Crippen molar-refractivity contribution < 1.29 is 14.6 Å². The van der Waals surface area contributed by atoms with Crippen molar-refractivity contribution in [3.8, 4) is 0 Å². The van der Waals surface area contributed by atoms with Crippen molar-refractivity contribution >= 4 is 0 Å². The fourth-order valence-corrected chi connectivity index (χ4v) is 0.885. The van der Waals surface area contributed by atoms with Gasteiger partial charge in [0.25, 0.3) is 0 Å².